The van der Waals surface area contributed by atoms with Gasteiger partial charge < -0.3 is 0 Å². The fourth-order valence-corrected chi connectivity index (χ4v) is 1.98. The van der Waals surface area contributed by atoms with Crippen molar-refractivity contribution in [3.05, 3.63) is 23.6 Å². The van der Waals surface area contributed by atoms with Gasteiger partial charge in [0.25, 0.3) is 0 Å². The average molecular weight is 179 g/mol. The molecule has 0 aliphatic rings. The highest BCUT2D eigenvalue weighted by atomic mass is 32.1. The summed E-state index contributed by atoms with van der Waals surface area (Å²) >= 11 is 1.74. The molecule has 0 aromatic carbocycles. The van der Waals surface area contributed by atoms with Gasteiger partial charge in [0.05, 0.1) is 16.4 Å². The zero-order valence-corrected chi connectivity index (χ0v) is 8.06. The molecule has 0 atom stereocenters. The number of nitrogens with zero attached hydrogens (tertiary/aromatic N) is 2. The monoisotopic (exact) mass is 179 g/mol. The molecule has 0 N–H and O–H groups in total. The van der Waals surface area contributed by atoms with Crippen LogP contribution in [0.4, 0.5) is 0 Å². The highest BCUT2D eigenvalue weighted by Crippen LogP contribution is 2.20. The number of hydrogen-bond donors (Lipinski definition) is 0. The standard InChI is InChI=1S/C9H11N2S/c1-7(2)6-11-8-3-4-12-9(8)5-10-11/h3-5H,6H2,1-2H3. The second-order valence-electron chi connectivity index (χ2n) is 3.18. The highest BCUT2D eigenvalue weighted by molar-refractivity contribution is 7.17. The van der Waals surface area contributed by atoms with Crippen LogP contribution in [0.25, 0.3) is 10.2 Å². The summed E-state index contributed by atoms with van der Waals surface area (Å²) in [6.07, 6.45) is 1.93. The SMILES string of the molecule is C[C](C)Cn1ncc2sccc21. The Balaban J connectivity index is 2.40. The summed E-state index contributed by atoms with van der Waals surface area (Å²) < 4.78 is 3.32. The molecular weight excluding hydrogens is 168 g/mol. The number of aromatic nitrogens is 2. The molecule has 0 spiro atoms. The number of thiophene rings is 1. The minimum Gasteiger partial charge on any atom is -0.263 e. The van der Waals surface area contributed by atoms with E-state index in [0.717, 1.165) is 6.54 Å². The maximum Gasteiger partial charge on any atom is 0.0790 e. The molecule has 3 heteroatoms. The first kappa shape index (κ1) is 7.80. The molecule has 12 heavy (non-hydrogen) atoms. The molecule has 0 saturated heterocycles. The Kier molecular flexibility index (Phi) is 1.89. The molecule has 2 heterocycles. The third-order valence-corrected chi connectivity index (χ3v) is 2.57. The van der Waals surface area contributed by atoms with Gasteiger partial charge in [0.2, 0.25) is 0 Å². The van der Waals surface area contributed by atoms with E-state index in [9.17, 15) is 0 Å². The van der Waals surface area contributed by atoms with E-state index < -0.39 is 0 Å². The lowest BCUT2D eigenvalue weighted by Gasteiger charge is -2.03. The van der Waals surface area contributed by atoms with Crippen molar-refractivity contribution in [3.63, 3.8) is 0 Å². The van der Waals surface area contributed by atoms with Crippen LogP contribution in [0.15, 0.2) is 17.6 Å². The lowest BCUT2D eigenvalue weighted by Crippen LogP contribution is -2.03. The molecular formula is C9H11N2S. The van der Waals surface area contributed by atoms with Crippen LogP contribution in [0.2, 0.25) is 0 Å². The van der Waals surface area contributed by atoms with Crippen molar-refractivity contribution in [1.29, 1.82) is 0 Å². The van der Waals surface area contributed by atoms with Crippen LogP contribution >= 0.6 is 11.3 Å². The van der Waals surface area contributed by atoms with Crippen molar-refractivity contribution in [1.82, 2.24) is 9.78 Å². The smallest absolute Gasteiger partial charge is 0.0790 e. The third-order valence-electron chi connectivity index (χ3n) is 1.73. The predicted molar refractivity (Wildman–Crippen MR) is 52.2 cm³/mol. The Bertz CT molecular complexity index is 372. The molecule has 0 aliphatic carbocycles. The van der Waals surface area contributed by atoms with Crippen LogP contribution in [-0.2, 0) is 6.54 Å². The van der Waals surface area contributed by atoms with Crippen molar-refractivity contribution in [2.24, 2.45) is 0 Å². The third kappa shape index (κ3) is 1.25. The zero-order valence-electron chi connectivity index (χ0n) is 7.24. The van der Waals surface area contributed by atoms with Crippen LogP contribution in [0, 0.1) is 5.92 Å². The molecule has 2 rings (SSSR count). The molecule has 2 nitrogen and oxygen atoms in total. The first-order valence-corrected chi connectivity index (χ1v) is 4.83. The van der Waals surface area contributed by atoms with E-state index in [0.29, 0.717) is 0 Å². The topological polar surface area (TPSA) is 17.8 Å². The van der Waals surface area contributed by atoms with Crippen molar-refractivity contribution in [2.45, 2.75) is 20.4 Å². The molecule has 2 aromatic rings. The summed E-state index contributed by atoms with van der Waals surface area (Å²) in [5.41, 5.74) is 1.25. The summed E-state index contributed by atoms with van der Waals surface area (Å²) in [5, 5.41) is 6.41. The van der Waals surface area contributed by atoms with Crippen LogP contribution in [-0.4, -0.2) is 9.78 Å². The summed E-state index contributed by atoms with van der Waals surface area (Å²) in [6, 6.07) is 2.12. The molecule has 0 bridgehead atoms. The normalized spacial score (nSPS) is 11.6. The first-order valence-electron chi connectivity index (χ1n) is 3.95. The lowest BCUT2D eigenvalue weighted by molar-refractivity contribution is 0.650. The van der Waals surface area contributed by atoms with Gasteiger partial charge in [-0.15, -0.1) is 11.3 Å². The molecule has 0 unspecified atom stereocenters. The zero-order chi connectivity index (χ0) is 8.55. The summed E-state index contributed by atoms with van der Waals surface area (Å²) in [4.78, 5) is 0. The molecule has 2 aromatic heterocycles. The van der Waals surface area contributed by atoms with Gasteiger partial charge in [-0.2, -0.15) is 5.10 Å². The Hall–Kier alpha value is -0.830. The molecule has 0 amide bonds. The van der Waals surface area contributed by atoms with Crippen LogP contribution in [0.1, 0.15) is 13.8 Å². The summed E-state index contributed by atoms with van der Waals surface area (Å²) in [6.45, 7) is 5.18. The van der Waals surface area contributed by atoms with Crippen LogP contribution < -0.4 is 0 Å². The predicted octanol–water partition coefficient (Wildman–Crippen LogP) is 2.71. The van der Waals surface area contributed by atoms with Crippen LogP contribution in [0.3, 0.4) is 0 Å². The van der Waals surface area contributed by atoms with E-state index in [1.165, 1.54) is 16.1 Å². The summed E-state index contributed by atoms with van der Waals surface area (Å²) in [5.74, 6) is 1.38. The van der Waals surface area contributed by atoms with Crippen molar-refractivity contribution in [2.75, 3.05) is 0 Å². The van der Waals surface area contributed by atoms with Gasteiger partial charge in [-0.1, -0.05) is 13.8 Å². The van der Waals surface area contributed by atoms with Gasteiger partial charge in [0.15, 0.2) is 0 Å². The minimum absolute atomic E-state index is 0.931. The van der Waals surface area contributed by atoms with E-state index in [1.807, 2.05) is 10.9 Å². The number of hydrogen-bond acceptors (Lipinski definition) is 2. The van der Waals surface area contributed by atoms with Crippen molar-refractivity contribution >= 4 is 21.6 Å². The Morgan fingerprint density at radius 1 is 1.58 bits per heavy atom. The second kappa shape index (κ2) is 2.90. The van der Waals surface area contributed by atoms with E-state index in [4.69, 9.17) is 0 Å². The highest BCUT2D eigenvalue weighted by Gasteiger charge is 2.04. The van der Waals surface area contributed by atoms with Gasteiger partial charge in [-0.05, 0) is 17.4 Å². The number of fused-ring (bicyclic) bond motifs is 1. The maximum absolute atomic E-state index is 4.30. The first-order chi connectivity index (χ1) is 5.77. The average Bonchev–Trinajstić information content (AvgIpc) is 2.52. The minimum atomic E-state index is 0.931. The molecule has 1 radical (unpaired) electrons. The van der Waals surface area contributed by atoms with Gasteiger partial charge in [0, 0.05) is 6.54 Å². The Labute approximate surface area is 75.8 Å². The van der Waals surface area contributed by atoms with E-state index >= 15 is 0 Å². The molecule has 0 fully saturated rings. The maximum atomic E-state index is 4.30. The van der Waals surface area contributed by atoms with E-state index in [2.05, 4.69) is 30.4 Å². The summed E-state index contributed by atoms with van der Waals surface area (Å²) in [7, 11) is 0. The quantitative estimate of drug-likeness (QED) is 0.693. The van der Waals surface area contributed by atoms with Gasteiger partial charge in [0.1, 0.15) is 0 Å². The fraction of sp³-hybridized carbons (Fsp3) is 0.333. The molecule has 0 saturated carbocycles. The van der Waals surface area contributed by atoms with Gasteiger partial charge in [-0.25, -0.2) is 0 Å². The largest absolute Gasteiger partial charge is 0.263 e. The molecule has 63 valence electrons. The van der Waals surface area contributed by atoms with Gasteiger partial charge >= 0.3 is 0 Å². The van der Waals surface area contributed by atoms with Crippen LogP contribution in [0.5, 0.6) is 0 Å². The Morgan fingerprint density at radius 3 is 3.17 bits per heavy atom. The lowest BCUT2D eigenvalue weighted by atomic mass is 10.2. The van der Waals surface area contributed by atoms with Crippen molar-refractivity contribution in [3.8, 4) is 0 Å². The Morgan fingerprint density at radius 2 is 2.42 bits per heavy atom. The second-order valence-corrected chi connectivity index (χ2v) is 4.13. The molecule has 0 aliphatic heterocycles. The van der Waals surface area contributed by atoms with E-state index in [1.54, 1.807) is 11.3 Å². The fourth-order valence-electron chi connectivity index (χ4n) is 1.23. The van der Waals surface area contributed by atoms with E-state index in [-0.39, 0.29) is 0 Å². The number of rotatable bonds is 2. The van der Waals surface area contributed by atoms with Crippen molar-refractivity contribution < 1.29 is 0 Å². The van der Waals surface area contributed by atoms with Gasteiger partial charge in [-0.3, -0.25) is 4.68 Å².